The minimum Gasteiger partial charge on any atom is -0.390 e. The molecule has 12 heteroatoms. The third-order valence-electron chi connectivity index (χ3n) is 11.7. The number of morpholine rings is 1. The van der Waals surface area contributed by atoms with Gasteiger partial charge in [0.2, 0.25) is 10.0 Å². The SMILES string of the molecule is O=C(NC1[C@@H]2CC3C[C@H]1CC(O)(C3)C2)N1CCN(c2ccc(N3CCN(S(=O)(=O)CCN4CCOCC4)CC3)cc2)c2ccccc21. The zero-order chi connectivity index (χ0) is 32.2. The van der Waals surface area contributed by atoms with E-state index in [1.54, 1.807) is 4.31 Å². The van der Waals surface area contributed by atoms with Crippen LogP contribution in [0.5, 0.6) is 0 Å². The molecule has 0 radical (unpaired) electrons. The number of sulfonamides is 1. The normalized spacial score (nSPS) is 31.2. The van der Waals surface area contributed by atoms with Gasteiger partial charge in [-0.15, -0.1) is 0 Å². The number of anilines is 4. The molecule has 3 unspecified atom stereocenters. The quantitative estimate of drug-likeness (QED) is 0.465. The zero-order valence-electron chi connectivity index (χ0n) is 27.2. The minimum atomic E-state index is -3.29. The molecule has 47 heavy (non-hydrogen) atoms. The summed E-state index contributed by atoms with van der Waals surface area (Å²) in [4.78, 5) is 22.4. The van der Waals surface area contributed by atoms with Gasteiger partial charge >= 0.3 is 6.03 Å². The Hall–Kier alpha value is -2.90. The molecule has 7 aliphatic rings. The number of aliphatic hydroxyl groups is 1. The second-order valence-electron chi connectivity index (χ2n) is 14.6. The van der Waals surface area contributed by atoms with E-state index in [1.165, 1.54) is 0 Å². The van der Waals surface area contributed by atoms with Crippen molar-refractivity contribution >= 4 is 38.8 Å². The van der Waals surface area contributed by atoms with E-state index in [0.717, 1.165) is 67.9 Å². The minimum absolute atomic E-state index is 0.0286. The molecule has 3 aliphatic heterocycles. The summed E-state index contributed by atoms with van der Waals surface area (Å²) < 4.78 is 33.1. The van der Waals surface area contributed by atoms with Crippen LogP contribution in [0.2, 0.25) is 0 Å². The number of hydrogen-bond acceptors (Lipinski definition) is 8. The second kappa shape index (κ2) is 12.5. The van der Waals surface area contributed by atoms with Crippen LogP contribution in [0.4, 0.5) is 27.5 Å². The molecule has 3 heterocycles. The molecule has 0 aromatic heterocycles. The van der Waals surface area contributed by atoms with E-state index in [2.05, 4.69) is 50.3 Å². The molecule has 4 saturated carbocycles. The van der Waals surface area contributed by atoms with Crippen molar-refractivity contribution in [3.05, 3.63) is 48.5 Å². The third-order valence-corrected chi connectivity index (χ3v) is 13.6. The van der Waals surface area contributed by atoms with Crippen molar-refractivity contribution in [2.75, 3.05) is 92.6 Å². The van der Waals surface area contributed by atoms with Gasteiger partial charge in [0.1, 0.15) is 0 Å². The summed E-state index contributed by atoms with van der Waals surface area (Å²) in [5, 5.41) is 14.4. The Bertz CT molecular complexity index is 1540. The van der Waals surface area contributed by atoms with Crippen molar-refractivity contribution in [1.82, 2.24) is 14.5 Å². The van der Waals surface area contributed by atoms with Gasteiger partial charge in [0.25, 0.3) is 0 Å². The van der Waals surface area contributed by atoms with Crippen molar-refractivity contribution in [1.29, 1.82) is 0 Å². The number of ether oxygens (including phenoxy) is 1. The molecule has 2 amide bonds. The number of nitrogens with zero attached hydrogens (tertiary/aromatic N) is 5. The zero-order valence-corrected chi connectivity index (χ0v) is 28.0. The number of nitrogens with one attached hydrogen (secondary N) is 1. The first-order valence-electron chi connectivity index (χ1n) is 17.5. The second-order valence-corrected chi connectivity index (χ2v) is 16.7. The van der Waals surface area contributed by atoms with E-state index < -0.39 is 15.6 Å². The summed E-state index contributed by atoms with van der Waals surface area (Å²) in [6.45, 7) is 7.08. The van der Waals surface area contributed by atoms with Crippen LogP contribution < -0.4 is 20.0 Å². The lowest BCUT2D eigenvalue weighted by molar-refractivity contribution is -0.136. The molecule has 9 rings (SSSR count). The van der Waals surface area contributed by atoms with Gasteiger partial charge in [0.15, 0.2) is 0 Å². The summed E-state index contributed by atoms with van der Waals surface area (Å²) in [5.41, 5.74) is 3.57. The van der Waals surface area contributed by atoms with Gasteiger partial charge in [-0.2, -0.15) is 4.31 Å². The van der Waals surface area contributed by atoms with Crippen molar-refractivity contribution in [3.63, 3.8) is 0 Å². The van der Waals surface area contributed by atoms with Gasteiger partial charge in [0.05, 0.1) is 35.9 Å². The Morgan fingerprint density at radius 3 is 2.17 bits per heavy atom. The maximum absolute atomic E-state index is 13.8. The Balaban J connectivity index is 0.890. The van der Waals surface area contributed by atoms with Crippen molar-refractivity contribution in [3.8, 4) is 0 Å². The van der Waals surface area contributed by atoms with Crippen LogP contribution >= 0.6 is 0 Å². The molecular weight excluding hydrogens is 616 g/mol. The molecule has 2 aromatic rings. The highest BCUT2D eigenvalue weighted by molar-refractivity contribution is 7.89. The molecule has 4 bridgehead atoms. The van der Waals surface area contributed by atoms with Crippen molar-refractivity contribution in [2.24, 2.45) is 17.8 Å². The highest BCUT2D eigenvalue weighted by Crippen LogP contribution is 2.55. The van der Waals surface area contributed by atoms with E-state index in [4.69, 9.17) is 4.74 Å². The number of carbonyl (C=O) groups is 1. The summed E-state index contributed by atoms with van der Waals surface area (Å²) in [5.74, 6) is 1.51. The number of hydrogen-bond donors (Lipinski definition) is 2. The van der Waals surface area contributed by atoms with Gasteiger partial charge in [-0.05, 0) is 86.3 Å². The van der Waals surface area contributed by atoms with Crippen LogP contribution in [0.15, 0.2) is 48.5 Å². The lowest BCUT2D eigenvalue weighted by atomic mass is 9.52. The van der Waals surface area contributed by atoms with E-state index in [1.807, 2.05) is 23.1 Å². The predicted molar refractivity (Wildman–Crippen MR) is 183 cm³/mol. The Morgan fingerprint density at radius 1 is 0.830 bits per heavy atom. The standard InChI is InChI=1S/C35H48N6O5S/c42-34(36-33-27-21-26-22-28(33)25-35(43,23-26)24-27)41-14-13-40(31-3-1-2-4-32(31)41)30-7-5-29(6-8-30)38-9-11-39(12-10-38)47(44,45)20-17-37-15-18-46-19-16-37/h1-8,26-28,33,43H,9-25H2,(H,36,42)/t26?,27-,28+,33?,35?. The first kappa shape index (κ1) is 31.4. The first-order valence-corrected chi connectivity index (χ1v) is 19.2. The smallest absolute Gasteiger partial charge is 0.322 e. The lowest BCUT2D eigenvalue weighted by Crippen LogP contribution is -2.63. The van der Waals surface area contributed by atoms with Crippen LogP contribution in [-0.4, -0.2) is 118 Å². The molecule has 2 N–H and O–H groups in total. The van der Waals surface area contributed by atoms with Gasteiger partial charge in [0, 0.05) is 76.3 Å². The summed E-state index contributed by atoms with van der Waals surface area (Å²) in [7, 11) is -3.29. The average molecular weight is 665 g/mol. The molecule has 11 nitrogen and oxygen atoms in total. The highest BCUT2D eigenvalue weighted by atomic mass is 32.2. The highest BCUT2D eigenvalue weighted by Gasteiger charge is 2.55. The third kappa shape index (κ3) is 6.23. The fourth-order valence-corrected chi connectivity index (χ4v) is 11.0. The van der Waals surface area contributed by atoms with Gasteiger partial charge in [-0.25, -0.2) is 13.2 Å². The summed E-state index contributed by atoms with van der Waals surface area (Å²) in [6.07, 6.45) is 4.81. The van der Waals surface area contributed by atoms with Crippen molar-refractivity contribution < 1.29 is 23.1 Å². The largest absolute Gasteiger partial charge is 0.390 e. The monoisotopic (exact) mass is 664 g/mol. The fraction of sp³-hybridized carbons (Fsp3) is 0.629. The number of fused-ring (bicyclic) bond motifs is 1. The molecule has 2 aromatic carbocycles. The molecule has 2 saturated heterocycles. The number of para-hydroxylation sites is 2. The van der Waals surface area contributed by atoms with Crippen LogP contribution in [0, 0.1) is 17.8 Å². The van der Waals surface area contributed by atoms with Crippen LogP contribution in [0.25, 0.3) is 0 Å². The molecule has 6 fully saturated rings. The van der Waals surface area contributed by atoms with Crippen LogP contribution in [-0.2, 0) is 14.8 Å². The molecule has 254 valence electrons. The molecular formula is C35H48N6O5S. The van der Waals surface area contributed by atoms with E-state index >= 15 is 0 Å². The Labute approximate surface area is 278 Å². The van der Waals surface area contributed by atoms with Crippen LogP contribution in [0.1, 0.15) is 32.1 Å². The van der Waals surface area contributed by atoms with E-state index in [-0.39, 0.29) is 17.8 Å². The number of rotatable bonds is 7. The number of piperazine rings is 1. The Morgan fingerprint density at radius 2 is 1.49 bits per heavy atom. The average Bonchev–Trinajstić information content (AvgIpc) is 3.08. The van der Waals surface area contributed by atoms with Crippen molar-refractivity contribution in [2.45, 2.75) is 43.7 Å². The number of amides is 2. The maximum Gasteiger partial charge on any atom is 0.322 e. The number of carbonyl (C=O) groups excluding carboxylic acids is 1. The van der Waals surface area contributed by atoms with Crippen LogP contribution in [0.3, 0.4) is 0 Å². The predicted octanol–water partition coefficient (Wildman–Crippen LogP) is 3.08. The Kier molecular flexibility index (Phi) is 8.36. The topological polar surface area (TPSA) is 109 Å². The summed E-state index contributed by atoms with van der Waals surface area (Å²) in [6, 6.07) is 16.8. The molecule has 4 aliphatic carbocycles. The first-order chi connectivity index (χ1) is 22.7. The van der Waals surface area contributed by atoms with E-state index in [9.17, 15) is 18.3 Å². The molecule has 5 atom stereocenters. The fourth-order valence-electron chi connectivity index (χ4n) is 9.54. The van der Waals surface area contributed by atoms with Gasteiger partial charge in [-0.1, -0.05) is 12.1 Å². The van der Waals surface area contributed by atoms with E-state index in [0.29, 0.717) is 76.8 Å². The summed E-state index contributed by atoms with van der Waals surface area (Å²) >= 11 is 0. The molecule has 0 spiro atoms. The van der Waals surface area contributed by atoms with Gasteiger partial charge in [-0.3, -0.25) is 9.80 Å². The number of benzene rings is 2. The number of urea groups is 1. The maximum atomic E-state index is 13.8. The van der Waals surface area contributed by atoms with Gasteiger partial charge < -0.3 is 25.0 Å². The lowest BCUT2D eigenvalue weighted by Gasteiger charge is -2.58.